The summed E-state index contributed by atoms with van der Waals surface area (Å²) in [5, 5.41) is 0. The second-order valence-electron chi connectivity index (χ2n) is 10.6. The number of likely N-dealkylation sites (N-methyl/N-ethyl adjacent to an activating group) is 1. The molecule has 1 aromatic rings. The van der Waals surface area contributed by atoms with Crippen molar-refractivity contribution in [3.05, 3.63) is 18.2 Å². The zero-order valence-electron chi connectivity index (χ0n) is 20.5. The van der Waals surface area contributed by atoms with Crippen molar-refractivity contribution in [1.82, 2.24) is 9.80 Å². The lowest BCUT2D eigenvalue weighted by atomic mass is 9.79. The van der Waals surface area contributed by atoms with Gasteiger partial charge in [0.25, 0.3) is 0 Å². The number of piperidine rings is 1. The molecule has 0 bridgehead atoms. The second-order valence-corrected chi connectivity index (χ2v) is 10.6. The minimum absolute atomic E-state index is 0.343. The molecule has 3 fully saturated rings. The van der Waals surface area contributed by atoms with Gasteiger partial charge in [0, 0.05) is 45.3 Å². The van der Waals surface area contributed by atoms with Crippen molar-refractivity contribution < 1.29 is 14.0 Å². The van der Waals surface area contributed by atoms with Gasteiger partial charge in [0.05, 0.1) is 24.0 Å². The SMILES string of the molecule is COc1cc(B2OC(C)(C)C(C)(C)O2)ccc1N1CCC(N2CCN(C)CC2)C(C)C1. The first-order chi connectivity index (χ1) is 14.6. The number of anilines is 1. The van der Waals surface area contributed by atoms with Crippen LogP contribution in [0.5, 0.6) is 5.75 Å². The highest BCUT2D eigenvalue weighted by Crippen LogP contribution is 2.38. The molecule has 0 spiro atoms. The summed E-state index contributed by atoms with van der Waals surface area (Å²) in [4.78, 5) is 7.63. The normalized spacial score (nSPS) is 29.4. The number of methoxy groups -OCH3 is 1. The number of hydrogen-bond acceptors (Lipinski definition) is 6. The molecule has 3 aliphatic heterocycles. The maximum atomic E-state index is 6.24. The van der Waals surface area contributed by atoms with Gasteiger partial charge in [-0.2, -0.15) is 0 Å². The number of rotatable bonds is 4. The molecule has 2 atom stereocenters. The third-order valence-corrected chi connectivity index (χ3v) is 7.94. The molecule has 2 unspecified atom stereocenters. The predicted octanol–water partition coefficient (Wildman–Crippen LogP) is 2.46. The Hall–Kier alpha value is -1.28. The first-order valence-corrected chi connectivity index (χ1v) is 11.8. The van der Waals surface area contributed by atoms with Crippen molar-refractivity contribution in [3.63, 3.8) is 0 Å². The maximum Gasteiger partial charge on any atom is 0.494 e. The standard InChI is InChI=1S/C24H40BN3O3/c1-18-17-28(11-10-20(18)27-14-12-26(6)13-15-27)21-9-8-19(16-22(21)29-7)25-30-23(2,3)24(4,5)31-25/h8-9,16,18,20H,10-15,17H2,1-7H3. The van der Waals surface area contributed by atoms with Crippen molar-refractivity contribution >= 4 is 18.3 Å². The van der Waals surface area contributed by atoms with Crippen LogP contribution < -0.4 is 15.1 Å². The topological polar surface area (TPSA) is 37.4 Å². The van der Waals surface area contributed by atoms with E-state index in [0.29, 0.717) is 12.0 Å². The van der Waals surface area contributed by atoms with Crippen LogP contribution >= 0.6 is 0 Å². The minimum atomic E-state index is -0.366. The molecule has 0 amide bonds. The Morgan fingerprint density at radius 3 is 2.23 bits per heavy atom. The fourth-order valence-electron chi connectivity index (χ4n) is 5.13. The summed E-state index contributed by atoms with van der Waals surface area (Å²) in [5.41, 5.74) is 1.50. The lowest BCUT2D eigenvalue weighted by Crippen LogP contribution is -2.55. The summed E-state index contributed by atoms with van der Waals surface area (Å²) in [6.07, 6.45) is 1.20. The van der Waals surface area contributed by atoms with Crippen LogP contribution in [0.1, 0.15) is 41.0 Å². The van der Waals surface area contributed by atoms with Crippen LogP contribution in [0.4, 0.5) is 5.69 Å². The molecular formula is C24H40BN3O3. The number of benzene rings is 1. The van der Waals surface area contributed by atoms with Crippen LogP contribution in [0.3, 0.4) is 0 Å². The van der Waals surface area contributed by atoms with Crippen LogP contribution in [-0.4, -0.2) is 87.6 Å². The zero-order valence-corrected chi connectivity index (χ0v) is 20.5. The largest absolute Gasteiger partial charge is 0.495 e. The molecule has 0 saturated carbocycles. The summed E-state index contributed by atoms with van der Waals surface area (Å²) < 4.78 is 18.3. The average molecular weight is 429 g/mol. The molecule has 0 N–H and O–H groups in total. The zero-order chi connectivity index (χ0) is 22.4. The van der Waals surface area contributed by atoms with Gasteiger partial charge in [-0.25, -0.2) is 0 Å². The molecule has 4 rings (SSSR count). The molecule has 172 valence electrons. The molecule has 0 aromatic heterocycles. The van der Waals surface area contributed by atoms with Gasteiger partial charge in [-0.15, -0.1) is 0 Å². The smallest absolute Gasteiger partial charge is 0.494 e. The molecule has 0 radical (unpaired) electrons. The lowest BCUT2D eigenvalue weighted by Gasteiger charge is -2.46. The molecule has 3 heterocycles. The molecule has 3 aliphatic rings. The van der Waals surface area contributed by atoms with Crippen molar-refractivity contribution in [2.75, 3.05) is 58.3 Å². The van der Waals surface area contributed by atoms with E-state index in [1.807, 2.05) is 0 Å². The van der Waals surface area contributed by atoms with Gasteiger partial charge in [0.1, 0.15) is 5.75 Å². The Labute approximate surface area is 188 Å². The van der Waals surface area contributed by atoms with Crippen LogP contribution in [0.25, 0.3) is 0 Å². The fourth-order valence-corrected chi connectivity index (χ4v) is 5.13. The first kappa shape index (κ1) is 22.9. The van der Waals surface area contributed by atoms with Crippen LogP contribution in [-0.2, 0) is 9.31 Å². The number of piperazine rings is 1. The van der Waals surface area contributed by atoms with Crippen LogP contribution in [0.2, 0.25) is 0 Å². The predicted molar refractivity (Wildman–Crippen MR) is 128 cm³/mol. The number of ether oxygens (including phenoxy) is 1. The van der Waals surface area contributed by atoms with Crippen molar-refractivity contribution in [2.45, 2.75) is 58.3 Å². The molecule has 7 heteroatoms. The van der Waals surface area contributed by atoms with E-state index in [-0.39, 0.29) is 18.3 Å². The molecule has 31 heavy (non-hydrogen) atoms. The Morgan fingerprint density at radius 1 is 1.00 bits per heavy atom. The van der Waals surface area contributed by atoms with Gasteiger partial charge in [-0.3, -0.25) is 4.90 Å². The van der Waals surface area contributed by atoms with Gasteiger partial charge in [0.15, 0.2) is 0 Å². The quantitative estimate of drug-likeness (QED) is 0.685. The minimum Gasteiger partial charge on any atom is -0.495 e. The number of nitrogens with zero attached hydrogens (tertiary/aromatic N) is 3. The summed E-state index contributed by atoms with van der Waals surface area (Å²) >= 11 is 0. The van der Waals surface area contributed by atoms with E-state index in [2.05, 4.69) is 74.6 Å². The highest BCUT2D eigenvalue weighted by atomic mass is 16.7. The Balaban J connectivity index is 1.46. The molecular weight excluding hydrogens is 389 g/mol. The van der Waals surface area contributed by atoms with Gasteiger partial charge < -0.3 is 23.8 Å². The summed E-state index contributed by atoms with van der Waals surface area (Å²) in [7, 11) is 3.62. The van der Waals surface area contributed by atoms with E-state index >= 15 is 0 Å². The van der Waals surface area contributed by atoms with E-state index < -0.39 is 0 Å². The van der Waals surface area contributed by atoms with Gasteiger partial charge in [0.2, 0.25) is 0 Å². The Morgan fingerprint density at radius 2 is 1.65 bits per heavy atom. The van der Waals surface area contributed by atoms with Crippen molar-refractivity contribution in [1.29, 1.82) is 0 Å². The Kier molecular flexibility index (Phi) is 6.34. The van der Waals surface area contributed by atoms with E-state index in [9.17, 15) is 0 Å². The highest BCUT2D eigenvalue weighted by Gasteiger charge is 2.51. The maximum absolute atomic E-state index is 6.24. The van der Waals surface area contributed by atoms with E-state index in [0.717, 1.165) is 24.3 Å². The average Bonchev–Trinajstić information content (AvgIpc) is 2.95. The highest BCUT2D eigenvalue weighted by molar-refractivity contribution is 6.62. The molecule has 6 nitrogen and oxygen atoms in total. The first-order valence-electron chi connectivity index (χ1n) is 11.8. The third-order valence-electron chi connectivity index (χ3n) is 7.94. The van der Waals surface area contributed by atoms with Crippen molar-refractivity contribution in [2.24, 2.45) is 5.92 Å². The fraction of sp³-hybridized carbons (Fsp3) is 0.750. The van der Waals surface area contributed by atoms with Gasteiger partial charge in [-0.1, -0.05) is 13.0 Å². The second kappa shape index (κ2) is 8.58. The molecule has 3 saturated heterocycles. The van der Waals surface area contributed by atoms with Crippen LogP contribution in [0, 0.1) is 5.92 Å². The van der Waals surface area contributed by atoms with Gasteiger partial charge in [-0.05, 0) is 64.7 Å². The van der Waals surface area contributed by atoms with Crippen LogP contribution in [0.15, 0.2) is 18.2 Å². The summed E-state index contributed by atoms with van der Waals surface area (Å²) in [5.74, 6) is 1.53. The summed E-state index contributed by atoms with van der Waals surface area (Å²) in [6.45, 7) is 17.6. The van der Waals surface area contributed by atoms with Crippen molar-refractivity contribution in [3.8, 4) is 5.75 Å². The lowest BCUT2D eigenvalue weighted by molar-refractivity contribution is 0.00578. The molecule has 0 aliphatic carbocycles. The third kappa shape index (κ3) is 4.47. The Bertz CT molecular complexity index is 763. The van der Waals surface area contributed by atoms with E-state index in [1.54, 1.807) is 7.11 Å². The van der Waals surface area contributed by atoms with Gasteiger partial charge >= 0.3 is 7.12 Å². The molecule has 1 aromatic carbocycles. The summed E-state index contributed by atoms with van der Waals surface area (Å²) in [6, 6.07) is 7.09. The van der Waals surface area contributed by atoms with E-state index in [4.69, 9.17) is 14.0 Å². The number of hydrogen-bond donors (Lipinski definition) is 0. The monoisotopic (exact) mass is 429 g/mol. The van der Waals surface area contributed by atoms with E-state index in [1.165, 1.54) is 38.3 Å².